The SMILES string of the molecule is CCCn1c(Cc2ccc(Cl)cc2)nc2cc(C(F)(F)F)ccc21. The molecule has 126 valence electrons. The Morgan fingerprint density at radius 1 is 1.08 bits per heavy atom. The first-order valence-corrected chi connectivity index (χ1v) is 8.07. The fourth-order valence-electron chi connectivity index (χ4n) is 2.75. The minimum Gasteiger partial charge on any atom is -0.328 e. The third-order valence-corrected chi connectivity index (χ3v) is 4.13. The summed E-state index contributed by atoms with van der Waals surface area (Å²) in [6.45, 7) is 2.74. The molecule has 0 aliphatic heterocycles. The van der Waals surface area contributed by atoms with Crippen LogP contribution in [0.4, 0.5) is 13.2 Å². The van der Waals surface area contributed by atoms with Gasteiger partial charge in [-0.2, -0.15) is 13.2 Å². The number of aromatic nitrogens is 2. The fraction of sp³-hybridized carbons (Fsp3) is 0.278. The van der Waals surface area contributed by atoms with Gasteiger partial charge in [0.1, 0.15) is 5.82 Å². The first kappa shape index (κ1) is 16.8. The van der Waals surface area contributed by atoms with Crippen LogP contribution in [0.25, 0.3) is 11.0 Å². The van der Waals surface area contributed by atoms with Crippen molar-refractivity contribution in [3.63, 3.8) is 0 Å². The lowest BCUT2D eigenvalue weighted by molar-refractivity contribution is -0.137. The minimum atomic E-state index is -4.36. The van der Waals surface area contributed by atoms with Gasteiger partial charge in [-0.15, -0.1) is 0 Å². The lowest BCUT2D eigenvalue weighted by Gasteiger charge is -2.09. The van der Waals surface area contributed by atoms with Crippen molar-refractivity contribution in [2.24, 2.45) is 0 Å². The summed E-state index contributed by atoms with van der Waals surface area (Å²) in [4.78, 5) is 4.45. The van der Waals surface area contributed by atoms with E-state index in [0.717, 1.165) is 35.5 Å². The molecule has 0 N–H and O–H groups in total. The van der Waals surface area contributed by atoms with Crippen LogP contribution >= 0.6 is 11.6 Å². The molecule has 0 bridgehead atoms. The van der Waals surface area contributed by atoms with Gasteiger partial charge in [-0.25, -0.2) is 4.98 Å². The molecule has 1 heterocycles. The van der Waals surface area contributed by atoms with Crippen molar-refractivity contribution >= 4 is 22.6 Å². The van der Waals surface area contributed by atoms with E-state index in [-0.39, 0.29) is 0 Å². The van der Waals surface area contributed by atoms with Crippen molar-refractivity contribution in [1.82, 2.24) is 9.55 Å². The number of hydrogen-bond donors (Lipinski definition) is 0. The maximum atomic E-state index is 12.9. The molecular formula is C18H16ClF3N2. The molecule has 2 aromatic carbocycles. The van der Waals surface area contributed by atoms with Gasteiger partial charge in [0, 0.05) is 18.0 Å². The van der Waals surface area contributed by atoms with E-state index in [1.165, 1.54) is 6.07 Å². The molecule has 0 aliphatic rings. The van der Waals surface area contributed by atoms with Gasteiger partial charge >= 0.3 is 6.18 Å². The number of aryl methyl sites for hydroxylation is 1. The molecule has 0 unspecified atom stereocenters. The summed E-state index contributed by atoms with van der Waals surface area (Å²) in [7, 11) is 0. The average Bonchev–Trinajstić information content (AvgIpc) is 2.86. The second-order valence-corrected chi connectivity index (χ2v) is 6.12. The highest BCUT2D eigenvalue weighted by Crippen LogP contribution is 2.32. The maximum absolute atomic E-state index is 12.9. The van der Waals surface area contributed by atoms with Crippen LogP contribution in [0.2, 0.25) is 5.02 Å². The Balaban J connectivity index is 2.05. The van der Waals surface area contributed by atoms with E-state index in [1.54, 1.807) is 12.1 Å². The number of nitrogens with zero attached hydrogens (tertiary/aromatic N) is 2. The van der Waals surface area contributed by atoms with Gasteiger partial charge in [-0.3, -0.25) is 0 Å². The quantitative estimate of drug-likeness (QED) is 0.588. The second kappa shape index (κ2) is 6.48. The van der Waals surface area contributed by atoms with Gasteiger partial charge in [0.2, 0.25) is 0 Å². The average molecular weight is 353 g/mol. The number of hydrogen-bond acceptors (Lipinski definition) is 1. The van der Waals surface area contributed by atoms with Crippen LogP contribution < -0.4 is 0 Å². The third-order valence-electron chi connectivity index (χ3n) is 3.88. The zero-order valence-electron chi connectivity index (χ0n) is 13.1. The minimum absolute atomic E-state index is 0.377. The van der Waals surface area contributed by atoms with Crippen molar-refractivity contribution in [3.05, 3.63) is 64.4 Å². The first-order valence-electron chi connectivity index (χ1n) is 7.69. The Labute approximate surface area is 142 Å². The van der Waals surface area contributed by atoms with E-state index in [2.05, 4.69) is 4.98 Å². The molecule has 0 fully saturated rings. The summed E-state index contributed by atoms with van der Waals surface area (Å²) in [5.41, 5.74) is 1.45. The molecule has 24 heavy (non-hydrogen) atoms. The highest BCUT2D eigenvalue weighted by atomic mass is 35.5. The molecule has 0 aliphatic carbocycles. The van der Waals surface area contributed by atoms with Gasteiger partial charge in [0.15, 0.2) is 0 Å². The number of benzene rings is 2. The number of imidazole rings is 1. The highest BCUT2D eigenvalue weighted by Gasteiger charge is 2.31. The largest absolute Gasteiger partial charge is 0.416 e. The van der Waals surface area contributed by atoms with E-state index in [0.29, 0.717) is 23.5 Å². The number of rotatable bonds is 4. The van der Waals surface area contributed by atoms with Gasteiger partial charge in [-0.05, 0) is 42.3 Å². The molecule has 0 radical (unpaired) electrons. The van der Waals surface area contributed by atoms with Gasteiger partial charge < -0.3 is 4.57 Å². The Morgan fingerprint density at radius 2 is 1.79 bits per heavy atom. The van der Waals surface area contributed by atoms with Crippen molar-refractivity contribution in [2.45, 2.75) is 32.5 Å². The van der Waals surface area contributed by atoms with Crippen LogP contribution in [0.15, 0.2) is 42.5 Å². The zero-order chi connectivity index (χ0) is 17.3. The monoisotopic (exact) mass is 352 g/mol. The highest BCUT2D eigenvalue weighted by molar-refractivity contribution is 6.30. The molecule has 0 saturated carbocycles. The molecule has 0 amide bonds. The zero-order valence-corrected chi connectivity index (χ0v) is 13.8. The predicted molar refractivity (Wildman–Crippen MR) is 89.3 cm³/mol. The summed E-state index contributed by atoms with van der Waals surface area (Å²) in [5, 5.41) is 0.649. The smallest absolute Gasteiger partial charge is 0.328 e. The fourth-order valence-corrected chi connectivity index (χ4v) is 2.87. The van der Waals surface area contributed by atoms with Crippen molar-refractivity contribution in [3.8, 4) is 0 Å². The van der Waals surface area contributed by atoms with E-state index >= 15 is 0 Å². The van der Waals surface area contributed by atoms with Crippen LogP contribution in [0, 0.1) is 0 Å². The first-order chi connectivity index (χ1) is 11.4. The van der Waals surface area contributed by atoms with Crippen molar-refractivity contribution in [1.29, 1.82) is 0 Å². The number of halogens is 4. The summed E-state index contributed by atoms with van der Waals surface area (Å²) < 4.78 is 40.7. The van der Waals surface area contributed by atoms with E-state index in [1.807, 2.05) is 23.6 Å². The maximum Gasteiger partial charge on any atom is 0.416 e. The van der Waals surface area contributed by atoms with Crippen LogP contribution in [0.1, 0.15) is 30.3 Å². The topological polar surface area (TPSA) is 17.8 Å². The predicted octanol–water partition coefficient (Wildman–Crippen LogP) is 5.71. The lowest BCUT2D eigenvalue weighted by atomic mass is 10.1. The molecule has 0 atom stereocenters. The van der Waals surface area contributed by atoms with Crippen LogP contribution in [-0.2, 0) is 19.1 Å². The third kappa shape index (κ3) is 3.41. The van der Waals surface area contributed by atoms with Crippen molar-refractivity contribution in [2.75, 3.05) is 0 Å². The van der Waals surface area contributed by atoms with E-state index < -0.39 is 11.7 Å². The van der Waals surface area contributed by atoms with Crippen LogP contribution in [0.3, 0.4) is 0 Å². The normalized spacial score (nSPS) is 12.0. The van der Waals surface area contributed by atoms with Crippen LogP contribution in [0.5, 0.6) is 0 Å². The van der Waals surface area contributed by atoms with Gasteiger partial charge in [-0.1, -0.05) is 30.7 Å². The summed E-state index contributed by atoms with van der Waals surface area (Å²) in [5.74, 6) is 0.758. The molecular weight excluding hydrogens is 337 g/mol. The molecule has 3 rings (SSSR count). The van der Waals surface area contributed by atoms with E-state index in [9.17, 15) is 13.2 Å². The molecule has 1 aromatic heterocycles. The Kier molecular flexibility index (Phi) is 4.54. The van der Waals surface area contributed by atoms with Crippen molar-refractivity contribution < 1.29 is 13.2 Å². The number of alkyl halides is 3. The molecule has 3 aromatic rings. The Bertz CT molecular complexity index is 851. The number of fused-ring (bicyclic) bond motifs is 1. The van der Waals surface area contributed by atoms with Gasteiger partial charge in [0.25, 0.3) is 0 Å². The van der Waals surface area contributed by atoms with Crippen LogP contribution in [-0.4, -0.2) is 9.55 Å². The molecule has 2 nitrogen and oxygen atoms in total. The van der Waals surface area contributed by atoms with E-state index in [4.69, 9.17) is 11.6 Å². The summed E-state index contributed by atoms with van der Waals surface area (Å²) >= 11 is 5.89. The van der Waals surface area contributed by atoms with Gasteiger partial charge in [0.05, 0.1) is 16.6 Å². The summed E-state index contributed by atoms with van der Waals surface area (Å²) in [6.07, 6.45) is -2.94. The Hall–Kier alpha value is -2.01. The second-order valence-electron chi connectivity index (χ2n) is 5.68. The summed E-state index contributed by atoms with van der Waals surface area (Å²) in [6, 6.07) is 11.1. The molecule has 0 spiro atoms. The molecule has 6 heteroatoms. The lowest BCUT2D eigenvalue weighted by Crippen LogP contribution is -2.05. The standard InChI is InChI=1S/C18H16ClF3N2/c1-2-9-24-16-8-5-13(18(20,21)22)11-15(16)23-17(24)10-12-3-6-14(19)7-4-12/h3-8,11H,2,9-10H2,1H3. The molecule has 0 saturated heterocycles. The Morgan fingerprint density at radius 3 is 2.42 bits per heavy atom.